The second-order valence-corrected chi connectivity index (χ2v) is 3.40. The smallest absolute Gasteiger partial charge is 0.243 e. The number of amides is 1. The molecule has 0 unspecified atom stereocenters. The van der Waals surface area contributed by atoms with Gasteiger partial charge in [0.05, 0.1) is 0 Å². The molecule has 1 heterocycles. The van der Waals surface area contributed by atoms with E-state index in [0.29, 0.717) is 0 Å². The molecule has 0 aromatic carbocycles. The fourth-order valence-electron chi connectivity index (χ4n) is 1.59. The molecule has 1 rings (SSSR count). The Morgan fingerprint density at radius 2 is 2.08 bits per heavy atom. The van der Waals surface area contributed by atoms with Gasteiger partial charge in [0, 0.05) is 13.1 Å². The first-order chi connectivity index (χ1) is 6.33. The van der Waals surface area contributed by atoms with Gasteiger partial charge in [0.1, 0.15) is 0 Å². The molecule has 0 spiro atoms. The van der Waals surface area contributed by atoms with Gasteiger partial charge in [-0.3, -0.25) is 4.79 Å². The molecule has 74 valence electrons. The van der Waals surface area contributed by atoms with Gasteiger partial charge in [-0.05, 0) is 32.0 Å². The number of nitrogens with one attached hydrogen (secondary N) is 1. The lowest BCUT2D eigenvalue weighted by Gasteiger charge is -2.26. The van der Waals surface area contributed by atoms with Crippen molar-refractivity contribution < 1.29 is 4.79 Å². The van der Waals surface area contributed by atoms with Crippen LogP contribution in [0, 0.1) is 0 Å². The zero-order chi connectivity index (χ0) is 9.52. The Morgan fingerprint density at radius 1 is 1.38 bits per heavy atom. The second-order valence-electron chi connectivity index (χ2n) is 3.40. The molecule has 0 aromatic rings. The highest BCUT2D eigenvalue weighted by molar-refractivity contribution is 5.86. The SMILES string of the molecule is C=CC(=O)NCCN1CCCCC1. The normalized spacial score (nSPS) is 18.2. The van der Waals surface area contributed by atoms with E-state index in [4.69, 9.17) is 0 Å². The Bertz CT molecular complexity index is 174. The molecule has 1 N–H and O–H groups in total. The summed E-state index contributed by atoms with van der Waals surface area (Å²) in [5, 5.41) is 2.78. The topological polar surface area (TPSA) is 32.3 Å². The summed E-state index contributed by atoms with van der Waals surface area (Å²) in [7, 11) is 0. The van der Waals surface area contributed by atoms with Gasteiger partial charge in [0.25, 0.3) is 0 Å². The van der Waals surface area contributed by atoms with Gasteiger partial charge in [0.15, 0.2) is 0 Å². The van der Waals surface area contributed by atoms with Crippen LogP contribution in [0.1, 0.15) is 19.3 Å². The van der Waals surface area contributed by atoms with Gasteiger partial charge in [-0.2, -0.15) is 0 Å². The third-order valence-corrected chi connectivity index (χ3v) is 2.36. The molecule has 0 bridgehead atoms. The number of hydrogen-bond donors (Lipinski definition) is 1. The maximum Gasteiger partial charge on any atom is 0.243 e. The van der Waals surface area contributed by atoms with E-state index in [1.807, 2.05) is 0 Å². The molecule has 13 heavy (non-hydrogen) atoms. The molecule has 1 fully saturated rings. The van der Waals surface area contributed by atoms with E-state index < -0.39 is 0 Å². The second kappa shape index (κ2) is 5.75. The lowest BCUT2D eigenvalue weighted by Crippen LogP contribution is -2.37. The lowest BCUT2D eigenvalue weighted by atomic mass is 10.1. The van der Waals surface area contributed by atoms with Crippen LogP contribution in [0.25, 0.3) is 0 Å². The minimum Gasteiger partial charge on any atom is -0.351 e. The van der Waals surface area contributed by atoms with Crippen LogP contribution in [0.15, 0.2) is 12.7 Å². The van der Waals surface area contributed by atoms with Gasteiger partial charge in [-0.25, -0.2) is 0 Å². The van der Waals surface area contributed by atoms with Crippen LogP contribution >= 0.6 is 0 Å². The summed E-state index contributed by atoms with van der Waals surface area (Å²) in [5.41, 5.74) is 0. The summed E-state index contributed by atoms with van der Waals surface area (Å²) < 4.78 is 0. The number of carbonyl (C=O) groups is 1. The van der Waals surface area contributed by atoms with Crippen molar-refractivity contribution in [3.05, 3.63) is 12.7 Å². The van der Waals surface area contributed by atoms with E-state index in [-0.39, 0.29) is 5.91 Å². The third kappa shape index (κ3) is 4.08. The molecular weight excluding hydrogens is 164 g/mol. The van der Waals surface area contributed by atoms with Crippen molar-refractivity contribution in [2.24, 2.45) is 0 Å². The van der Waals surface area contributed by atoms with Crippen molar-refractivity contribution in [2.75, 3.05) is 26.2 Å². The van der Waals surface area contributed by atoms with Crippen LogP contribution in [0.3, 0.4) is 0 Å². The predicted molar refractivity (Wildman–Crippen MR) is 53.5 cm³/mol. The van der Waals surface area contributed by atoms with Crippen molar-refractivity contribution in [1.82, 2.24) is 10.2 Å². The fraction of sp³-hybridized carbons (Fsp3) is 0.700. The van der Waals surface area contributed by atoms with Crippen LogP contribution in [0.5, 0.6) is 0 Å². The Hall–Kier alpha value is -0.830. The molecule has 0 atom stereocenters. The standard InChI is InChI=1S/C10H18N2O/c1-2-10(13)11-6-9-12-7-4-3-5-8-12/h2H,1,3-9H2,(H,11,13). The number of nitrogens with zero attached hydrogens (tertiary/aromatic N) is 1. The first-order valence-electron chi connectivity index (χ1n) is 4.95. The van der Waals surface area contributed by atoms with Gasteiger partial charge in [-0.1, -0.05) is 13.0 Å². The number of hydrogen-bond acceptors (Lipinski definition) is 2. The highest BCUT2D eigenvalue weighted by Crippen LogP contribution is 2.06. The van der Waals surface area contributed by atoms with Crippen LogP contribution in [0.2, 0.25) is 0 Å². The van der Waals surface area contributed by atoms with Crippen molar-refractivity contribution in [3.63, 3.8) is 0 Å². The molecule has 0 aromatic heterocycles. The van der Waals surface area contributed by atoms with Crippen LogP contribution < -0.4 is 5.32 Å². The average Bonchev–Trinajstić information content (AvgIpc) is 2.19. The molecule has 0 radical (unpaired) electrons. The zero-order valence-corrected chi connectivity index (χ0v) is 8.09. The molecule has 1 saturated heterocycles. The van der Waals surface area contributed by atoms with E-state index in [0.717, 1.165) is 13.1 Å². The van der Waals surface area contributed by atoms with E-state index in [2.05, 4.69) is 16.8 Å². The largest absolute Gasteiger partial charge is 0.351 e. The summed E-state index contributed by atoms with van der Waals surface area (Å²) in [6.07, 6.45) is 5.27. The Kier molecular flexibility index (Phi) is 4.54. The molecule has 0 aliphatic carbocycles. The van der Waals surface area contributed by atoms with Crippen LogP contribution in [0.4, 0.5) is 0 Å². The van der Waals surface area contributed by atoms with Gasteiger partial charge in [0.2, 0.25) is 5.91 Å². The quantitative estimate of drug-likeness (QED) is 0.651. The minimum atomic E-state index is -0.0722. The highest BCUT2D eigenvalue weighted by Gasteiger charge is 2.08. The van der Waals surface area contributed by atoms with Crippen molar-refractivity contribution in [3.8, 4) is 0 Å². The Morgan fingerprint density at radius 3 is 2.69 bits per heavy atom. The molecule has 0 saturated carbocycles. The van der Waals surface area contributed by atoms with Crippen molar-refractivity contribution in [1.29, 1.82) is 0 Å². The average molecular weight is 182 g/mol. The van der Waals surface area contributed by atoms with Crippen LogP contribution in [-0.4, -0.2) is 37.0 Å². The maximum atomic E-state index is 10.8. The highest BCUT2D eigenvalue weighted by atomic mass is 16.1. The molecule has 1 aliphatic rings. The summed E-state index contributed by atoms with van der Waals surface area (Å²) >= 11 is 0. The van der Waals surface area contributed by atoms with Crippen LogP contribution in [-0.2, 0) is 4.79 Å². The number of piperidine rings is 1. The molecule has 3 heteroatoms. The predicted octanol–water partition coefficient (Wildman–Crippen LogP) is 0.774. The number of likely N-dealkylation sites (tertiary alicyclic amines) is 1. The van der Waals surface area contributed by atoms with Gasteiger partial charge >= 0.3 is 0 Å². The van der Waals surface area contributed by atoms with E-state index in [1.165, 1.54) is 38.4 Å². The first kappa shape index (κ1) is 10.3. The summed E-state index contributed by atoms with van der Waals surface area (Å²) in [6, 6.07) is 0. The van der Waals surface area contributed by atoms with Gasteiger partial charge in [-0.15, -0.1) is 0 Å². The summed E-state index contributed by atoms with van der Waals surface area (Å²) in [5.74, 6) is -0.0722. The Labute approximate surface area is 79.8 Å². The van der Waals surface area contributed by atoms with Gasteiger partial charge < -0.3 is 10.2 Å². The molecule has 1 aliphatic heterocycles. The first-order valence-corrected chi connectivity index (χ1v) is 4.95. The summed E-state index contributed by atoms with van der Waals surface area (Å²) in [4.78, 5) is 13.2. The van der Waals surface area contributed by atoms with E-state index in [9.17, 15) is 4.79 Å². The maximum absolute atomic E-state index is 10.8. The Balaban J connectivity index is 2.04. The van der Waals surface area contributed by atoms with Crippen molar-refractivity contribution >= 4 is 5.91 Å². The molecular formula is C10H18N2O. The summed E-state index contributed by atoms with van der Waals surface area (Å²) in [6.45, 7) is 7.48. The third-order valence-electron chi connectivity index (χ3n) is 2.36. The van der Waals surface area contributed by atoms with E-state index in [1.54, 1.807) is 0 Å². The van der Waals surface area contributed by atoms with Crippen molar-refractivity contribution in [2.45, 2.75) is 19.3 Å². The number of rotatable bonds is 4. The van der Waals surface area contributed by atoms with E-state index >= 15 is 0 Å². The number of carbonyl (C=O) groups excluding carboxylic acids is 1. The lowest BCUT2D eigenvalue weighted by molar-refractivity contribution is -0.116. The zero-order valence-electron chi connectivity index (χ0n) is 8.09. The molecule has 3 nitrogen and oxygen atoms in total. The fourth-order valence-corrected chi connectivity index (χ4v) is 1.59. The minimum absolute atomic E-state index is 0.0722. The monoisotopic (exact) mass is 182 g/mol. The molecule has 1 amide bonds.